The number of carbonyl (C=O) groups excluding carboxylic acids is 2. The molecular formula is C11H23NO2. The number of nitrogens with one attached hydrogen (secondary N) is 1. The van der Waals surface area contributed by atoms with Crippen LogP contribution in [-0.2, 0) is 9.59 Å². The van der Waals surface area contributed by atoms with Crippen LogP contribution in [0.3, 0.4) is 0 Å². The van der Waals surface area contributed by atoms with Crippen molar-refractivity contribution in [1.29, 1.82) is 0 Å². The monoisotopic (exact) mass is 201 g/mol. The fourth-order valence-corrected chi connectivity index (χ4v) is 0.888. The summed E-state index contributed by atoms with van der Waals surface area (Å²) in [7, 11) is 0. The van der Waals surface area contributed by atoms with E-state index in [-0.39, 0.29) is 5.78 Å². The highest BCUT2D eigenvalue weighted by Gasteiger charge is 1.83. The Hall–Kier alpha value is -0.860. The zero-order valence-electron chi connectivity index (χ0n) is 9.64. The van der Waals surface area contributed by atoms with Gasteiger partial charge >= 0.3 is 0 Å². The molecule has 3 nitrogen and oxygen atoms in total. The maximum Gasteiger partial charge on any atom is 0.207 e. The first kappa shape index (κ1) is 15.6. The van der Waals surface area contributed by atoms with E-state index in [9.17, 15) is 9.59 Å². The lowest BCUT2D eigenvalue weighted by atomic mass is 10.2. The van der Waals surface area contributed by atoms with Crippen molar-refractivity contribution in [2.24, 2.45) is 0 Å². The molecule has 0 atom stereocenters. The van der Waals surface area contributed by atoms with Crippen LogP contribution in [0.5, 0.6) is 0 Å². The molecule has 0 aromatic carbocycles. The minimum atomic E-state index is 0.289. The first-order chi connectivity index (χ1) is 6.68. The number of ketones is 1. The minimum absolute atomic E-state index is 0.289. The molecule has 0 rings (SSSR count). The van der Waals surface area contributed by atoms with Crippen LogP contribution in [0.2, 0.25) is 0 Å². The van der Waals surface area contributed by atoms with Crippen LogP contribution >= 0.6 is 0 Å². The summed E-state index contributed by atoms with van der Waals surface area (Å²) in [6.45, 7) is 6.59. The average molecular weight is 201 g/mol. The summed E-state index contributed by atoms with van der Waals surface area (Å²) in [6.07, 6.45) is 5.99. The highest BCUT2D eigenvalue weighted by Crippen LogP contribution is 1.89. The fourth-order valence-electron chi connectivity index (χ4n) is 0.888. The van der Waals surface area contributed by atoms with Crippen molar-refractivity contribution in [3.05, 3.63) is 0 Å². The van der Waals surface area contributed by atoms with Gasteiger partial charge in [-0.25, -0.2) is 0 Å². The van der Waals surface area contributed by atoms with Crippen LogP contribution in [0.1, 0.15) is 52.9 Å². The van der Waals surface area contributed by atoms with Crippen LogP contribution in [0.25, 0.3) is 0 Å². The molecule has 0 spiro atoms. The van der Waals surface area contributed by atoms with Crippen molar-refractivity contribution in [2.45, 2.75) is 52.9 Å². The van der Waals surface area contributed by atoms with Gasteiger partial charge in [-0.05, 0) is 19.8 Å². The molecule has 0 saturated heterocycles. The Labute approximate surface area is 87.3 Å². The largest absolute Gasteiger partial charge is 0.359 e. The van der Waals surface area contributed by atoms with E-state index < -0.39 is 0 Å². The Morgan fingerprint density at radius 2 is 1.86 bits per heavy atom. The summed E-state index contributed by atoms with van der Waals surface area (Å²) in [5.41, 5.74) is 0. The van der Waals surface area contributed by atoms with Crippen LogP contribution < -0.4 is 5.32 Å². The molecule has 1 amide bonds. The summed E-state index contributed by atoms with van der Waals surface area (Å²) in [5, 5.41) is 2.60. The molecule has 0 unspecified atom stereocenters. The van der Waals surface area contributed by atoms with E-state index in [2.05, 4.69) is 12.2 Å². The minimum Gasteiger partial charge on any atom is -0.359 e. The van der Waals surface area contributed by atoms with Gasteiger partial charge in [0.25, 0.3) is 0 Å². The van der Waals surface area contributed by atoms with Crippen molar-refractivity contribution in [1.82, 2.24) is 5.32 Å². The lowest BCUT2D eigenvalue weighted by Gasteiger charge is -1.93. The van der Waals surface area contributed by atoms with Gasteiger partial charge in [0.05, 0.1) is 0 Å². The predicted octanol–water partition coefficient (Wildman–Crippen LogP) is 2.30. The molecular weight excluding hydrogens is 178 g/mol. The van der Waals surface area contributed by atoms with Gasteiger partial charge in [0.15, 0.2) is 0 Å². The van der Waals surface area contributed by atoms with Gasteiger partial charge in [-0.15, -0.1) is 0 Å². The summed E-state index contributed by atoms with van der Waals surface area (Å²) >= 11 is 0. The smallest absolute Gasteiger partial charge is 0.207 e. The zero-order chi connectivity index (χ0) is 11.2. The Morgan fingerprint density at radius 1 is 1.21 bits per heavy atom. The highest BCUT2D eigenvalue weighted by atomic mass is 16.1. The molecule has 0 aromatic rings. The van der Waals surface area contributed by atoms with E-state index in [0.717, 1.165) is 32.2 Å². The van der Waals surface area contributed by atoms with E-state index in [1.54, 1.807) is 6.92 Å². The Bertz CT molecular complexity index is 135. The normalized spacial score (nSPS) is 8.50. The van der Waals surface area contributed by atoms with Crippen LogP contribution in [0.15, 0.2) is 0 Å². The highest BCUT2D eigenvalue weighted by molar-refractivity contribution is 5.75. The molecule has 0 aliphatic carbocycles. The second-order valence-corrected chi connectivity index (χ2v) is 3.23. The molecule has 0 aliphatic rings. The zero-order valence-corrected chi connectivity index (χ0v) is 9.64. The third-order valence-corrected chi connectivity index (χ3v) is 1.61. The fraction of sp³-hybridized carbons (Fsp3) is 0.818. The standard InChI is InChI=1S/C6H13NO.C5H10O/c1-2-3-4-5-7-6-8;1-3-4-5(2)6/h6H,2-5H2,1H3,(H,7,8);3-4H2,1-2H3. The maximum absolute atomic E-state index is 10.0. The number of rotatable bonds is 7. The topological polar surface area (TPSA) is 46.2 Å². The number of hydrogen-bond acceptors (Lipinski definition) is 2. The lowest BCUT2D eigenvalue weighted by Crippen LogP contribution is -2.11. The van der Waals surface area contributed by atoms with Crippen molar-refractivity contribution in [2.75, 3.05) is 6.54 Å². The second kappa shape index (κ2) is 14.7. The van der Waals surface area contributed by atoms with E-state index in [1.807, 2.05) is 6.92 Å². The molecule has 0 fully saturated rings. The Balaban J connectivity index is 0. The number of hydrogen-bond donors (Lipinski definition) is 1. The Kier molecular flexibility index (Phi) is 16.3. The second-order valence-electron chi connectivity index (χ2n) is 3.23. The first-order valence-corrected chi connectivity index (χ1v) is 5.35. The van der Waals surface area contributed by atoms with E-state index in [4.69, 9.17) is 0 Å². The third kappa shape index (κ3) is 22.5. The molecule has 0 heterocycles. The average Bonchev–Trinajstić information content (AvgIpc) is 2.13. The van der Waals surface area contributed by atoms with Gasteiger partial charge in [0, 0.05) is 13.0 Å². The van der Waals surface area contributed by atoms with Gasteiger partial charge in [-0.2, -0.15) is 0 Å². The predicted molar refractivity (Wildman–Crippen MR) is 59.2 cm³/mol. The molecule has 14 heavy (non-hydrogen) atoms. The number of Topliss-reactive ketones (excluding diaryl/α,β-unsaturated/α-hetero) is 1. The molecule has 0 radical (unpaired) electrons. The van der Waals surface area contributed by atoms with Crippen molar-refractivity contribution >= 4 is 12.2 Å². The summed E-state index contributed by atoms with van der Waals surface area (Å²) in [5.74, 6) is 0.289. The quantitative estimate of drug-likeness (QED) is 0.507. The van der Waals surface area contributed by atoms with Gasteiger partial charge in [0.2, 0.25) is 6.41 Å². The van der Waals surface area contributed by atoms with E-state index in [1.165, 1.54) is 12.8 Å². The van der Waals surface area contributed by atoms with Gasteiger partial charge in [0.1, 0.15) is 5.78 Å². The lowest BCUT2D eigenvalue weighted by molar-refractivity contribution is -0.117. The summed E-state index contributed by atoms with van der Waals surface area (Å²) < 4.78 is 0. The number of unbranched alkanes of at least 4 members (excludes halogenated alkanes) is 2. The van der Waals surface area contributed by atoms with Crippen molar-refractivity contribution in [3.8, 4) is 0 Å². The SMILES string of the molecule is CCCC(C)=O.CCCCCNC=O. The molecule has 1 N–H and O–H groups in total. The number of amides is 1. The molecule has 3 heteroatoms. The molecule has 0 aromatic heterocycles. The van der Waals surface area contributed by atoms with Crippen molar-refractivity contribution in [3.63, 3.8) is 0 Å². The van der Waals surface area contributed by atoms with Crippen molar-refractivity contribution < 1.29 is 9.59 Å². The van der Waals surface area contributed by atoms with Crippen LogP contribution in [0, 0.1) is 0 Å². The summed E-state index contributed by atoms with van der Waals surface area (Å²) in [6, 6.07) is 0. The molecule has 0 saturated carbocycles. The van der Waals surface area contributed by atoms with E-state index >= 15 is 0 Å². The first-order valence-electron chi connectivity index (χ1n) is 5.35. The summed E-state index contributed by atoms with van der Waals surface area (Å²) in [4.78, 5) is 19.7. The molecule has 0 aliphatic heterocycles. The van der Waals surface area contributed by atoms with Gasteiger partial charge in [-0.1, -0.05) is 26.7 Å². The molecule has 84 valence electrons. The Morgan fingerprint density at radius 3 is 2.14 bits per heavy atom. The third-order valence-electron chi connectivity index (χ3n) is 1.61. The van der Waals surface area contributed by atoms with Crippen LogP contribution in [0.4, 0.5) is 0 Å². The van der Waals surface area contributed by atoms with E-state index in [0.29, 0.717) is 0 Å². The van der Waals surface area contributed by atoms with Gasteiger partial charge in [-0.3, -0.25) is 4.79 Å². The molecule has 0 bridgehead atoms. The van der Waals surface area contributed by atoms with Crippen LogP contribution in [-0.4, -0.2) is 18.7 Å². The van der Waals surface area contributed by atoms with Gasteiger partial charge < -0.3 is 10.1 Å². The maximum atomic E-state index is 10.0. The number of carbonyl (C=O) groups is 2.